The van der Waals surface area contributed by atoms with Gasteiger partial charge in [0.15, 0.2) is 0 Å². The molecule has 0 radical (unpaired) electrons. The van der Waals surface area contributed by atoms with Crippen LogP contribution >= 0.6 is 34.8 Å². The van der Waals surface area contributed by atoms with Crippen molar-refractivity contribution in [3.05, 3.63) is 36.4 Å². The van der Waals surface area contributed by atoms with Gasteiger partial charge in [-0.3, -0.25) is 0 Å². The van der Waals surface area contributed by atoms with Crippen molar-refractivity contribution in [1.82, 2.24) is 0 Å². The van der Waals surface area contributed by atoms with Gasteiger partial charge in [-0.25, -0.2) is 0 Å². The Hall–Kier alpha value is 1.03. The van der Waals surface area contributed by atoms with E-state index in [-0.39, 0.29) is 26.1 Å². The molecule has 0 nitrogen and oxygen atoms in total. The van der Waals surface area contributed by atoms with E-state index in [1.807, 2.05) is 36.4 Å². The number of benzene rings is 1. The van der Waals surface area contributed by atoms with E-state index in [2.05, 4.69) is 0 Å². The molecule has 1 rings (SSSR count). The van der Waals surface area contributed by atoms with Crippen LogP contribution in [0.5, 0.6) is 0 Å². The minimum absolute atomic E-state index is 0.252. The number of rotatable bonds is 0. The number of hydrogen-bond acceptors (Lipinski definition) is 0. The molecule has 0 heterocycles. The van der Waals surface area contributed by atoms with Gasteiger partial charge in [0.1, 0.15) is 0 Å². The summed E-state index contributed by atoms with van der Waals surface area (Å²) >= 11 is 15.7. The summed E-state index contributed by atoms with van der Waals surface area (Å²) in [5.74, 6) is 0. The Morgan fingerprint density at radius 1 is 0.727 bits per heavy atom. The van der Waals surface area contributed by atoms with E-state index >= 15 is 0 Å². The first-order chi connectivity index (χ1) is 5.00. The second-order valence-electron chi connectivity index (χ2n) is 1.77. The van der Waals surface area contributed by atoms with Gasteiger partial charge in [0.2, 0.25) is 0 Å². The fraction of sp³-hybridized carbons (Fsp3) is 0.143. The van der Waals surface area contributed by atoms with E-state index in [1.54, 1.807) is 0 Å². The molecule has 0 aliphatic carbocycles. The molecule has 0 saturated heterocycles. The SMILES string of the molecule is Cl[C](Cl)(Cl)[Hg].c1ccccc1. The maximum atomic E-state index is 5.15. The number of halogens is 3. The van der Waals surface area contributed by atoms with Gasteiger partial charge in [-0.05, 0) is 0 Å². The second-order valence-corrected chi connectivity index (χ2v) is 13.6. The first-order valence-electron chi connectivity index (χ1n) is 2.92. The van der Waals surface area contributed by atoms with Crippen LogP contribution in [0.3, 0.4) is 0 Å². The summed E-state index contributed by atoms with van der Waals surface area (Å²) in [6, 6.07) is 12.0. The van der Waals surface area contributed by atoms with Gasteiger partial charge < -0.3 is 0 Å². The normalized spacial score (nSPS) is 9.91. The van der Waals surface area contributed by atoms with Gasteiger partial charge in [-0.1, -0.05) is 36.4 Å². The Bertz CT molecular complexity index is 138. The van der Waals surface area contributed by atoms with Crippen LogP contribution in [0.15, 0.2) is 36.4 Å². The van der Waals surface area contributed by atoms with Crippen LogP contribution in [-0.4, -0.2) is 1.30 Å². The van der Waals surface area contributed by atoms with E-state index in [1.165, 1.54) is 0 Å². The van der Waals surface area contributed by atoms with Crippen molar-refractivity contribution in [1.29, 1.82) is 0 Å². The molecule has 0 N–H and O–H groups in total. The third kappa shape index (κ3) is 18.2. The molecule has 0 saturated carbocycles. The second kappa shape index (κ2) is 6.53. The van der Waals surface area contributed by atoms with E-state index < -0.39 is 1.30 Å². The Balaban J connectivity index is 0.000000187. The quantitative estimate of drug-likeness (QED) is 0.464. The molecule has 1 aromatic carbocycles. The van der Waals surface area contributed by atoms with Crippen LogP contribution in [0, 0.1) is 0 Å². The van der Waals surface area contributed by atoms with Crippen LogP contribution < -0.4 is 0 Å². The fourth-order valence-corrected chi connectivity index (χ4v) is 0.385. The van der Waals surface area contributed by atoms with Crippen molar-refractivity contribution in [2.75, 3.05) is 0 Å². The molecule has 0 atom stereocenters. The monoisotopic (exact) mass is 397 g/mol. The van der Waals surface area contributed by atoms with Crippen molar-refractivity contribution < 1.29 is 26.1 Å². The van der Waals surface area contributed by atoms with Gasteiger partial charge in [0.05, 0.1) is 0 Å². The molecule has 11 heavy (non-hydrogen) atoms. The molecule has 0 unspecified atom stereocenters. The summed E-state index contributed by atoms with van der Waals surface area (Å²) in [6.07, 6.45) is 0. The van der Waals surface area contributed by atoms with Crippen LogP contribution in [0.25, 0.3) is 0 Å². The molecule has 1 aromatic rings. The first-order valence-corrected chi connectivity index (χ1v) is 6.80. The van der Waals surface area contributed by atoms with Crippen molar-refractivity contribution in [3.63, 3.8) is 0 Å². The summed E-state index contributed by atoms with van der Waals surface area (Å²) in [4.78, 5) is 0. The minimum atomic E-state index is -0.889. The maximum Gasteiger partial charge on any atom is -0.0623 e. The molecular formula is C7H6Cl3Hg. The van der Waals surface area contributed by atoms with Gasteiger partial charge in [0.25, 0.3) is 0 Å². The van der Waals surface area contributed by atoms with Gasteiger partial charge in [-0.15, -0.1) is 0 Å². The number of hydrogen-bond donors (Lipinski definition) is 0. The largest absolute Gasteiger partial charge is 0.0623 e. The molecule has 4 heteroatoms. The Morgan fingerprint density at radius 2 is 0.818 bits per heavy atom. The van der Waals surface area contributed by atoms with Crippen molar-refractivity contribution in [2.45, 2.75) is 1.30 Å². The summed E-state index contributed by atoms with van der Waals surface area (Å²) < 4.78 is -0.889. The average Bonchev–Trinajstić information content (AvgIpc) is 1.88. The Labute approximate surface area is 97.8 Å². The summed E-state index contributed by atoms with van der Waals surface area (Å²) in [5.41, 5.74) is 0. The van der Waals surface area contributed by atoms with Crippen molar-refractivity contribution in [3.8, 4) is 0 Å². The van der Waals surface area contributed by atoms with Crippen molar-refractivity contribution >= 4 is 34.8 Å². The summed E-state index contributed by atoms with van der Waals surface area (Å²) in [7, 11) is 0. The predicted octanol–water partition coefficient (Wildman–Crippen LogP) is 3.55. The third-order valence-corrected chi connectivity index (χ3v) is 0.667. The summed E-state index contributed by atoms with van der Waals surface area (Å²) in [5, 5.41) is 0. The average molecular weight is 397 g/mol. The minimum Gasteiger partial charge on any atom is -0.0623 e. The van der Waals surface area contributed by atoms with E-state index in [0.29, 0.717) is 0 Å². The molecule has 0 aliphatic rings. The standard InChI is InChI=1S/C6H6.CCl3.Hg/c1-2-4-6-5-3-1;2-1(3)4;/h1-6H;;. The topological polar surface area (TPSA) is 0 Å². The van der Waals surface area contributed by atoms with E-state index in [4.69, 9.17) is 34.8 Å². The van der Waals surface area contributed by atoms with Crippen LogP contribution in [0.1, 0.15) is 0 Å². The molecule has 57 valence electrons. The van der Waals surface area contributed by atoms with E-state index in [0.717, 1.165) is 0 Å². The van der Waals surface area contributed by atoms with Crippen LogP contribution in [-0.2, 0) is 26.1 Å². The Morgan fingerprint density at radius 3 is 0.909 bits per heavy atom. The first kappa shape index (κ1) is 12.0. The molecule has 0 bridgehead atoms. The predicted molar refractivity (Wildman–Crippen MR) is 46.7 cm³/mol. The molecule has 0 aliphatic heterocycles. The zero-order chi connectivity index (χ0) is 8.74. The van der Waals surface area contributed by atoms with Gasteiger partial charge in [0, 0.05) is 0 Å². The smallest absolute Gasteiger partial charge is 0.0623 e. The van der Waals surface area contributed by atoms with Gasteiger partial charge in [-0.2, -0.15) is 0 Å². The summed E-state index contributed by atoms with van der Waals surface area (Å²) in [6.45, 7) is 0. The fourth-order valence-electron chi connectivity index (χ4n) is 0.385. The molecule has 0 fully saturated rings. The molecule has 0 aromatic heterocycles. The maximum absolute atomic E-state index is 5.15. The van der Waals surface area contributed by atoms with Crippen LogP contribution in [0.2, 0.25) is 0 Å². The zero-order valence-electron chi connectivity index (χ0n) is 5.81. The van der Waals surface area contributed by atoms with Gasteiger partial charge >= 0.3 is 62.2 Å². The zero-order valence-corrected chi connectivity index (χ0v) is 13.6. The Kier molecular flexibility index (Phi) is 7.14. The van der Waals surface area contributed by atoms with Crippen molar-refractivity contribution in [2.24, 2.45) is 0 Å². The molecule has 0 amide bonds. The molecule has 0 spiro atoms. The molecular weight excluding hydrogens is 391 g/mol. The van der Waals surface area contributed by atoms with E-state index in [9.17, 15) is 0 Å². The number of alkyl halides is 3. The third-order valence-electron chi connectivity index (χ3n) is 0.667. The van der Waals surface area contributed by atoms with Crippen LogP contribution in [0.4, 0.5) is 0 Å².